The molecule has 1 aliphatic rings. The third-order valence-electron chi connectivity index (χ3n) is 6.78. The summed E-state index contributed by atoms with van der Waals surface area (Å²) in [5.74, 6) is 0.0958. The highest BCUT2D eigenvalue weighted by molar-refractivity contribution is 7.91. The number of hydrogen-bond acceptors (Lipinski definition) is 7. The first kappa shape index (κ1) is 23.4. The van der Waals surface area contributed by atoms with Crippen LogP contribution in [0.5, 0.6) is 0 Å². The lowest BCUT2D eigenvalue weighted by molar-refractivity contribution is 0.499. The van der Waals surface area contributed by atoms with Crippen molar-refractivity contribution in [2.75, 3.05) is 12.0 Å². The lowest BCUT2D eigenvalue weighted by atomic mass is 10.1. The third-order valence-corrected chi connectivity index (χ3v) is 7.97. The molecule has 1 aromatic carbocycles. The minimum absolute atomic E-state index is 0.0715. The summed E-state index contributed by atoms with van der Waals surface area (Å²) >= 11 is 0. The van der Waals surface area contributed by atoms with Gasteiger partial charge in [0.15, 0.2) is 15.5 Å². The SMILES string of the molecule is CCC1CCC(CCc2nc3c(-c4ccc(-c5ccccc5)nc4)cnn3c(N)c2S(C)(=O)=O)N1. The van der Waals surface area contributed by atoms with E-state index in [9.17, 15) is 8.42 Å². The average Bonchev–Trinajstić information content (AvgIpc) is 3.50. The predicted molar refractivity (Wildman–Crippen MR) is 138 cm³/mol. The molecule has 0 amide bonds. The Morgan fingerprint density at radius 2 is 1.83 bits per heavy atom. The van der Waals surface area contributed by atoms with E-state index in [-0.39, 0.29) is 10.7 Å². The van der Waals surface area contributed by atoms with E-state index in [0.29, 0.717) is 29.8 Å². The minimum Gasteiger partial charge on any atom is -0.382 e. The lowest BCUT2D eigenvalue weighted by Crippen LogP contribution is -2.29. The highest BCUT2D eigenvalue weighted by Crippen LogP contribution is 2.31. The molecular formula is C26H30N6O2S. The average molecular weight is 491 g/mol. The molecule has 0 aliphatic carbocycles. The first-order valence-corrected chi connectivity index (χ1v) is 13.9. The van der Waals surface area contributed by atoms with Crippen molar-refractivity contribution in [2.24, 2.45) is 0 Å². The number of benzene rings is 1. The molecule has 1 fully saturated rings. The lowest BCUT2D eigenvalue weighted by Gasteiger charge is -2.15. The summed E-state index contributed by atoms with van der Waals surface area (Å²) in [7, 11) is -3.59. The van der Waals surface area contributed by atoms with E-state index in [2.05, 4.69) is 22.3 Å². The van der Waals surface area contributed by atoms with Gasteiger partial charge in [-0.05, 0) is 38.2 Å². The number of nitrogen functional groups attached to an aromatic ring is 1. The Morgan fingerprint density at radius 1 is 1.06 bits per heavy atom. The number of nitrogens with one attached hydrogen (secondary N) is 1. The molecule has 4 heterocycles. The van der Waals surface area contributed by atoms with E-state index < -0.39 is 9.84 Å². The fraction of sp³-hybridized carbons (Fsp3) is 0.346. The van der Waals surface area contributed by atoms with Crippen LogP contribution in [-0.2, 0) is 16.3 Å². The molecule has 2 unspecified atom stereocenters. The summed E-state index contributed by atoms with van der Waals surface area (Å²) in [6.45, 7) is 2.18. The second-order valence-corrected chi connectivity index (χ2v) is 11.2. The van der Waals surface area contributed by atoms with Gasteiger partial charge in [-0.2, -0.15) is 9.61 Å². The van der Waals surface area contributed by atoms with Crippen LogP contribution in [0.1, 0.15) is 38.3 Å². The largest absolute Gasteiger partial charge is 0.382 e. The zero-order valence-electron chi connectivity index (χ0n) is 20.0. The van der Waals surface area contributed by atoms with Crippen molar-refractivity contribution in [3.8, 4) is 22.4 Å². The van der Waals surface area contributed by atoms with Crippen molar-refractivity contribution in [1.82, 2.24) is 24.9 Å². The van der Waals surface area contributed by atoms with Gasteiger partial charge in [0.2, 0.25) is 0 Å². The number of pyridine rings is 1. The minimum atomic E-state index is -3.59. The summed E-state index contributed by atoms with van der Waals surface area (Å²) in [5, 5.41) is 8.01. The van der Waals surface area contributed by atoms with Gasteiger partial charge in [-0.15, -0.1) is 0 Å². The third kappa shape index (κ3) is 4.66. The molecule has 0 bridgehead atoms. The maximum atomic E-state index is 12.7. The topological polar surface area (TPSA) is 115 Å². The molecule has 4 aromatic rings. The fourth-order valence-corrected chi connectivity index (χ4v) is 5.96. The van der Waals surface area contributed by atoms with Gasteiger partial charge in [-0.3, -0.25) is 4.98 Å². The summed E-state index contributed by atoms with van der Waals surface area (Å²) in [4.78, 5) is 9.49. The Bertz CT molecular complexity index is 1450. The van der Waals surface area contributed by atoms with Crippen molar-refractivity contribution >= 4 is 21.3 Å². The molecule has 9 heteroatoms. The van der Waals surface area contributed by atoms with Gasteiger partial charge in [0.1, 0.15) is 10.7 Å². The summed E-state index contributed by atoms with van der Waals surface area (Å²) in [5.41, 5.74) is 10.9. The number of nitrogens with two attached hydrogens (primary N) is 1. The van der Waals surface area contributed by atoms with Crippen molar-refractivity contribution < 1.29 is 8.42 Å². The van der Waals surface area contributed by atoms with Crippen LogP contribution in [0.15, 0.2) is 59.8 Å². The Kier molecular flexibility index (Phi) is 6.29. The first-order valence-electron chi connectivity index (χ1n) is 12.0. The Balaban J connectivity index is 1.52. The van der Waals surface area contributed by atoms with Crippen LogP contribution in [0, 0.1) is 0 Å². The first-order chi connectivity index (χ1) is 16.8. The molecule has 1 aliphatic heterocycles. The van der Waals surface area contributed by atoms with E-state index in [0.717, 1.165) is 48.1 Å². The molecule has 3 N–H and O–H groups in total. The second-order valence-electron chi connectivity index (χ2n) is 9.22. The highest BCUT2D eigenvalue weighted by Gasteiger charge is 2.27. The number of aryl methyl sites for hydroxylation is 1. The van der Waals surface area contributed by atoms with Crippen LogP contribution < -0.4 is 11.1 Å². The van der Waals surface area contributed by atoms with Crippen LogP contribution in [0.2, 0.25) is 0 Å². The fourth-order valence-electron chi connectivity index (χ4n) is 4.92. The van der Waals surface area contributed by atoms with E-state index in [1.807, 2.05) is 42.5 Å². The van der Waals surface area contributed by atoms with Gasteiger partial charge in [-0.1, -0.05) is 43.3 Å². The molecule has 5 rings (SSSR count). The number of rotatable bonds is 7. The molecule has 35 heavy (non-hydrogen) atoms. The van der Waals surface area contributed by atoms with Gasteiger partial charge < -0.3 is 11.1 Å². The molecule has 3 aromatic heterocycles. The molecule has 8 nitrogen and oxygen atoms in total. The van der Waals surface area contributed by atoms with Crippen LogP contribution in [0.25, 0.3) is 28.0 Å². The van der Waals surface area contributed by atoms with E-state index in [4.69, 9.17) is 10.7 Å². The van der Waals surface area contributed by atoms with Gasteiger partial charge in [-0.25, -0.2) is 13.4 Å². The van der Waals surface area contributed by atoms with E-state index in [1.165, 1.54) is 10.8 Å². The van der Waals surface area contributed by atoms with Gasteiger partial charge in [0.05, 0.1) is 17.6 Å². The highest BCUT2D eigenvalue weighted by atomic mass is 32.2. The number of hydrogen-bond donors (Lipinski definition) is 2. The maximum Gasteiger partial charge on any atom is 0.180 e. The predicted octanol–water partition coefficient (Wildman–Crippen LogP) is 3.91. The van der Waals surface area contributed by atoms with Crippen molar-refractivity contribution in [3.05, 3.63) is 60.6 Å². The normalized spacial score (nSPS) is 18.3. The van der Waals surface area contributed by atoms with Gasteiger partial charge >= 0.3 is 0 Å². The van der Waals surface area contributed by atoms with Crippen LogP contribution >= 0.6 is 0 Å². The number of aromatic nitrogens is 4. The molecule has 0 spiro atoms. The second kappa shape index (κ2) is 9.39. The Morgan fingerprint density at radius 3 is 2.49 bits per heavy atom. The van der Waals surface area contributed by atoms with Crippen molar-refractivity contribution in [3.63, 3.8) is 0 Å². The number of fused-ring (bicyclic) bond motifs is 1. The zero-order chi connectivity index (χ0) is 24.6. The van der Waals surface area contributed by atoms with E-state index in [1.54, 1.807) is 12.4 Å². The quantitative estimate of drug-likeness (QED) is 0.404. The van der Waals surface area contributed by atoms with E-state index >= 15 is 0 Å². The van der Waals surface area contributed by atoms with Gasteiger partial charge in [0, 0.05) is 41.2 Å². The standard InChI is InChI=1S/C26H30N6O2S/c1-3-19-10-11-20(30-19)12-14-23-24(35(2,33)34)25(27)32-26(31-23)21(16-29-32)18-9-13-22(28-15-18)17-7-5-4-6-8-17/h4-9,13,15-16,19-20,30H,3,10-12,14,27H2,1-2H3. The number of sulfone groups is 1. The van der Waals surface area contributed by atoms with Crippen molar-refractivity contribution in [1.29, 1.82) is 0 Å². The smallest absolute Gasteiger partial charge is 0.180 e. The Hall–Kier alpha value is -3.30. The molecular weight excluding hydrogens is 460 g/mol. The number of anilines is 1. The van der Waals surface area contributed by atoms with Gasteiger partial charge in [0.25, 0.3) is 0 Å². The van der Waals surface area contributed by atoms with Crippen LogP contribution in [0.3, 0.4) is 0 Å². The maximum absolute atomic E-state index is 12.7. The summed E-state index contributed by atoms with van der Waals surface area (Å²) < 4.78 is 26.8. The molecule has 0 saturated carbocycles. The van der Waals surface area contributed by atoms with Crippen molar-refractivity contribution in [2.45, 2.75) is 56.0 Å². The number of nitrogens with zero attached hydrogens (tertiary/aromatic N) is 4. The monoisotopic (exact) mass is 490 g/mol. The molecule has 1 saturated heterocycles. The van der Waals surface area contributed by atoms with Crippen LogP contribution in [0.4, 0.5) is 5.82 Å². The molecule has 182 valence electrons. The Labute approximate surface area is 205 Å². The molecule has 2 atom stereocenters. The zero-order valence-corrected chi connectivity index (χ0v) is 20.8. The summed E-state index contributed by atoms with van der Waals surface area (Å²) in [6, 6.07) is 14.8. The molecule has 0 radical (unpaired) electrons. The van der Waals surface area contributed by atoms with Crippen LogP contribution in [-0.4, -0.2) is 46.3 Å². The summed E-state index contributed by atoms with van der Waals surface area (Å²) in [6.07, 6.45) is 9.28.